The quantitative estimate of drug-likeness (QED) is 0.493. The first kappa shape index (κ1) is 23.7. The Bertz CT molecular complexity index is 1180. The number of anilines is 1. The molecule has 2 aromatic heterocycles. The minimum atomic E-state index is -5.03. The van der Waals surface area contributed by atoms with Crippen molar-refractivity contribution in [3.8, 4) is 5.75 Å². The number of nitrogens with one attached hydrogen (secondary N) is 1. The SMILES string of the molecule is COCC(NC(=O)c1cnn2ccc(N3CC(OC)C3)nc12)c1ccc(OC(F)(F)F)c(F)c1. The average Bonchev–Trinajstić information content (AvgIpc) is 3.17. The summed E-state index contributed by atoms with van der Waals surface area (Å²) in [6.45, 7) is 1.28. The third-order valence-corrected chi connectivity index (χ3v) is 5.33. The molecule has 1 aromatic carbocycles. The second-order valence-corrected chi connectivity index (χ2v) is 7.59. The molecule has 0 radical (unpaired) electrons. The lowest BCUT2D eigenvalue weighted by atomic mass is 10.1. The predicted octanol–water partition coefficient (Wildman–Crippen LogP) is 2.72. The van der Waals surface area contributed by atoms with Crippen LogP contribution in [0.1, 0.15) is 22.0 Å². The molecule has 182 valence electrons. The number of aromatic nitrogens is 3. The number of nitrogens with zero attached hydrogens (tertiary/aromatic N) is 4. The number of hydrogen-bond donors (Lipinski definition) is 1. The molecule has 1 N–H and O–H groups in total. The van der Waals surface area contributed by atoms with Gasteiger partial charge in [-0.05, 0) is 23.8 Å². The Morgan fingerprint density at radius 2 is 2.03 bits per heavy atom. The number of amides is 1. The molecule has 34 heavy (non-hydrogen) atoms. The summed E-state index contributed by atoms with van der Waals surface area (Å²) in [6.07, 6.45) is -1.89. The van der Waals surface area contributed by atoms with E-state index in [2.05, 4.69) is 20.1 Å². The highest BCUT2D eigenvalue weighted by molar-refractivity contribution is 6.00. The smallest absolute Gasteiger partial charge is 0.403 e. The van der Waals surface area contributed by atoms with E-state index < -0.39 is 29.9 Å². The largest absolute Gasteiger partial charge is 0.573 e. The molecule has 1 unspecified atom stereocenters. The zero-order chi connectivity index (χ0) is 24.5. The molecule has 1 aliphatic heterocycles. The molecule has 13 heteroatoms. The fourth-order valence-corrected chi connectivity index (χ4v) is 3.54. The monoisotopic (exact) mass is 483 g/mol. The van der Waals surface area contributed by atoms with Crippen LogP contribution in [-0.4, -0.2) is 66.9 Å². The van der Waals surface area contributed by atoms with E-state index in [9.17, 15) is 22.4 Å². The third-order valence-electron chi connectivity index (χ3n) is 5.33. The minimum Gasteiger partial charge on any atom is -0.403 e. The molecule has 0 spiro atoms. The van der Waals surface area contributed by atoms with E-state index in [1.165, 1.54) is 23.9 Å². The van der Waals surface area contributed by atoms with Gasteiger partial charge in [-0.2, -0.15) is 5.10 Å². The van der Waals surface area contributed by atoms with Crippen LogP contribution in [0.4, 0.5) is 23.4 Å². The van der Waals surface area contributed by atoms with Gasteiger partial charge in [-0.3, -0.25) is 4.79 Å². The van der Waals surface area contributed by atoms with Crippen LogP contribution >= 0.6 is 0 Å². The standard InChI is InChI=1S/C21H21F4N5O4/c1-32-11-16(12-3-4-17(15(22)7-12)34-21(23,24)25)27-20(31)14-8-26-30-6-5-18(28-19(14)30)29-9-13(10-29)33-2/h3-8,13,16H,9-11H2,1-2H3,(H,27,31). The first-order valence-electron chi connectivity index (χ1n) is 10.2. The Kier molecular flexibility index (Phi) is 6.57. The molecule has 1 fully saturated rings. The molecule has 4 rings (SSSR count). The topological polar surface area (TPSA) is 90.2 Å². The maximum atomic E-state index is 14.2. The van der Waals surface area contributed by atoms with Crippen LogP contribution < -0.4 is 15.0 Å². The maximum absolute atomic E-state index is 14.2. The van der Waals surface area contributed by atoms with Gasteiger partial charge in [0, 0.05) is 33.5 Å². The number of halogens is 4. The molecular weight excluding hydrogens is 462 g/mol. The fraction of sp³-hybridized carbons (Fsp3) is 0.381. The van der Waals surface area contributed by atoms with E-state index in [4.69, 9.17) is 9.47 Å². The number of rotatable bonds is 8. The van der Waals surface area contributed by atoms with E-state index in [0.29, 0.717) is 24.6 Å². The molecule has 1 atom stereocenters. The summed E-state index contributed by atoms with van der Waals surface area (Å²) in [6, 6.07) is 3.83. The summed E-state index contributed by atoms with van der Waals surface area (Å²) in [5, 5.41) is 6.83. The van der Waals surface area contributed by atoms with Crippen molar-refractivity contribution in [2.45, 2.75) is 18.5 Å². The number of methoxy groups -OCH3 is 2. The molecular formula is C21H21F4N5O4. The van der Waals surface area contributed by atoms with E-state index in [1.54, 1.807) is 19.4 Å². The lowest BCUT2D eigenvalue weighted by Gasteiger charge is -2.38. The minimum absolute atomic E-state index is 0.0608. The Labute approximate surface area is 191 Å². The van der Waals surface area contributed by atoms with Crippen LogP contribution in [0.3, 0.4) is 0 Å². The Morgan fingerprint density at radius 3 is 2.68 bits per heavy atom. The average molecular weight is 483 g/mol. The molecule has 9 nitrogen and oxygen atoms in total. The van der Waals surface area contributed by atoms with E-state index in [0.717, 1.165) is 12.1 Å². The third kappa shape index (κ3) is 5.04. The Morgan fingerprint density at radius 1 is 1.26 bits per heavy atom. The highest BCUT2D eigenvalue weighted by Gasteiger charge is 2.33. The molecule has 3 aromatic rings. The molecule has 1 amide bonds. The van der Waals surface area contributed by atoms with Crippen LogP contribution in [-0.2, 0) is 9.47 Å². The van der Waals surface area contributed by atoms with Crippen molar-refractivity contribution in [3.05, 3.63) is 53.6 Å². The number of carbonyl (C=O) groups is 1. The number of carbonyl (C=O) groups excluding carboxylic acids is 1. The van der Waals surface area contributed by atoms with E-state index >= 15 is 0 Å². The lowest BCUT2D eigenvalue weighted by Crippen LogP contribution is -2.52. The summed E-state index contributed by atoms with van der Waals surface area (Å²) in [7, 11) is 3.01. The summed E-state index contributed by atoms with van der Waals surface area (Å²) in [5.41, 5.74) is 0.676. The number of alkyl halides is 3. The van der Waals surface area contributed by atoms with Crippen LogP contribution in [0.5, 0.6) is 5.75 Å². The molecule has 3 heterocycles. The second-order valence-electron chi connectivity index (χ2n) is 7.59. The van der Waals surface area contributed by atoms with Crippen LogP contribution in [0.2, 0.25) is 0 Å². The van der Waals surface area contributed by atoms with Crippen LogP contribution in [0, 0.1) is 5.82 Å². The summed E-state index contributed by atoms with van der Waals surface area (Å²) >= 11 is 0. The number of fused-ring (bicyclic) bond motifs is 1. The van der Waals surface area contributed by atoms with Gasteiger partial charge in [0.15, 0.2) is 17.2 Å². The van der Waals surface area contributed by atoms with Gasteiger partial charge in [-0.15, -0.1) is 13.2 Å². The van der Waals surface area contributed by atoms with Gasteiger partial charge in [0.1, 0.15) is 11.4 Å². The lowest BCUT2D eigenvalue weighted by molar-refractivity contribution is -0.275. The van der Waals surface area contributed by atoms with Crippen molar-refractivity contribution in [2.24, 2.45) is 0 Å². The second kappa shape index (κ2) is 9.43. The van der Waals surface area contributed by atoms with Gasteiger partial charge in [0.2, 0.25) is 0 Å². The van der Waals surface area contributed by atoms with Gasteiger partial charge < -0.3 is 24.4 Å². The molecule has 0 saturated carbocycles. The highest BCUT2D eigenvalue weighted by Crippen LogP contribution is 2.28. The predicted molar refractivity (Wildman–Crippen MR) is 111 cm³/mol. The van der Waals surface area contributed by atoms with Gasteiger partial charge >= 0.3 is 6.36 Å². The summed E-state index contributed by atoms with van der Waals surface area (Å²) in [5.74, 6) is -2.10. The molecule has 0 aliphatic carbocycles. The number of ether oxygens (including phenoxy) is 3. The normalized spacial score (nSPS) is 15.3. The fourth-order valence-electron chi connectivity index (χ4n) is 3.54. The van der Waals surface area contributed by atoms with Gasteiger partial charge in [-0.25, -0.2) is 13.9 Å². The van der Waals surface area contributed by atoms with E-state index in [-0.39, 0.29) is 23.8 Å². The first-order chi connectivity index (χ1) is 16.2. The van der Waals surface area contributed by atoms with Crippen molar-refractivity contribution in [1.29, 1.82) is 0 Å². The van der Waals surface area contributed by atoms with Crippen molar-refractivity contribution >= 4 is 17.4 Å². The zero-order valence-electron chi connectivity index (χ0n) is 18.2. The van der Waals surface area contributed by atoms with Gasteiger partial charge in [0.05, 0.1) is 24.9 Å². The van der Waals surface area contributed by atoms with Crippen molar-refractivity contribution in [2.75, 3.05) is 38.8 Å². The Balaban J connectivity index is 1.54. The van der Waals surface area contributed by atoms with Crippen molar-refractivity contribution in [3.63, 3.8) is 0 Å². The summed E-state index contributed by atoms with van der Waals surface area (Å²) in [4.78, 5) is 19.5. The van der Waals surface area contributed by atoms with Crippen LogP contribution in [0.25, 0.3) is 5.65 Å². The zero-order valence-corrected chi connectivity index (χ0v) is 18.2. The van der Waals surface area contributed by atoms with Crippen molar-refractivity contribution < 1.29 is 36.6 Å². The highest BCUT2D eigenvalue weighted by atomic mass is 19.4. The molecule has 0 bridgehead atoms. The molecule has 1 saturated heterocycles. The molecule has 1 aliphatic rings. The van der Waals surface area contributed by atoms with E-state index in [1.807, 2.05) is 4.90 Å². The van der Waals surface area contributed by atoms with Crippen molar-refractivity contribution in [1.82, 2.24) is 19.9 Å². The first-order valence-corrected chi connectivity index (χ1v) is 10.2. The number of benzene rings is 1. The van der Waals surface area contributed by atoms with Crippen LogP contribution in [0.15, 0.2) is 36.7 Å². The number of hydrogen-bond acceptors (Lipinski definition) is 7. The van der Waals surface area contributed by atoms with Gasteiger partial charge in [-0.1, -0.05) is 6.07 Å². The Hall–Kier alpha value is -3.45. The maximum Gasteiger partial charge on any atom is 0.573 e. The van der Waals surface area contributed by atoms with Gasteiger partial charge in [0.25, 0.3) is 5.91 Å². The summed E-state index contributed by atoms with van der Waals surface area (Å²) < 4.78 is 66.9.